The van der Waals surface area contributed by atoms with Crippen molar-refractivity contribution in [3.63, 3.8) is 0 Å². The van der Waals surface area contributed by atoms with Gasteiger partial charge in [0.2, 0.25) is 5.95 Å². The van der Waals surface area contributed by atoms with Gasteiger partial charge < -0.3 is 22.5 Å². The Morgan fingerprint density at radius 3 is 2.68 bits per heavy atom. The van der Waals surface area contributed by atoms with Gasteiger partial charge in [0.1, 0.15) is 5.82 Å². The average molecular weight is 334 g/mol. The monoisotopic (exact) mass is 334 g/mol. The lowest BCUT2D eigenvalue weighted by molar-refractivity contribution is -0.104. The highest BCUT2D eigenvalue weighted by molar-refractivity contribution is 5.94. The topological polar surface area (TPSA) is 141 Å². The molecule has 3 aromatic rings. The van der Waals surface area contributed by atoms with Crippen molar-refractivity contribution < 1.29 is 5.41 Å². The second kappa shape index (κ2) is 6.98. The molecule has 126 valence electrons. The summed E-state index contributed by atoms with van der Waals surface area (Å²) in [5, 5.41) is 8.94. The Labute approximate surface area is 145 Å². The van der Waals surface area contributed by atoms with Gasteiger partial charge in [0.15, 0.2) is 6.21 Å². The first-order chi connectivity index (χ1) is 12.1. The Hall–Kier alpha value is -3.45. The van der Waals surface area contributed by atoms with Crippen LogP contribution in [0.5, 0.6) is 0 Å². The molecule has 0 radical (unpaired) electrons. The quantitative estimate of drug-likeness (QED) is 0.343. The Bertz CT molecular complexity index is 921. The lowest BCUT2D eigenvalue weighted by Gasteiger charge is -2.13. The van der Waals surface area contributed by atoms with Gasteiger partial charge in [-0.15, -0.1) is 0 Å². The first kappa shape index (κ1) is 16.4. The highest BCUT2D eigenvalue weighted by Crippen LogP contribution is 2.32. The fraction of sp³-hybridized carbons (Fsp3) is 0.0556. The van der Waals surface area contributed by atoms with E-state index in [0.717, 1.165) is 27.9 Å². The molecule has 0 unspecified atom stereocenters. The molecule has 7 heteroatoms. The Kier molecular flexibility index (Phi) is 4.58. The highest BCUT2D eigenvalue weighted by atomic mass is 15.1. The number of rotatable bonds is 5. The van der Waals surface area contributed by atoms with Crippen LogP contribution >= 0.6 is 0 Å². The van der Waals surface area contributed by atoms with E-state index in [4.69, 9.17) is 22.6 Å². The Morgan fingerprint density at radius 2 is 1.96 bits per heavy atom. The molecule has 0 spiro atoms. The van der Waals surface area contributed by atoms with Crippen molar-refractivity contribution >= 4 is 29.4 Å². The van der Waals surface area contributed by atoms with Gasteiger partial charge >= 0.3 is 0 Å². The summed E-state index contributed by atoms with van der Waals surface area (Å²) >= 11 is 0. The Balaban J connectivity index is 2.07. The zero-order valence-corrected chi connectivity index (χ0v) is 13.6. The molecule has 0 saturated carbocycles. The van der Waals surface area contributed by atoms with E-state index in [9.17, 15) is 0 Å². The van der Waals surface area contributed by atoms with Crippen LogP contribution in [0.2, 0.25) is 0 Å². The fourth-order valence-corrected chi connectivity index (χ4v) is 2.58. The van der Waals surface area contributed by atoms with Gasteiger partial charge in [-0.25, -0.2) is 4.98 Å². The maximum Gasteiger partial charge on any atom is 0.221 e. The minimum Gasteiger partial charge on any atom is -0.398 e. The second-order valence-corrected chi connectivity index (χ2v) is 5.52. The lowest BCUT2D eigenvalue weighted by atomic mass is 9.98. The maximum atomic E-state index is 6.29. The van der Waals surface area contributed by atoms with E-state index in [1.165, 1.54) is 6.21 Å². The van der Waals surface area contributed by atoms with Gasteiger partial charge in [-0.05, 0) is 35.4 Å². The summed E-state index contributed by atoms with van der Waals surface area (Å²) in [4.78, 5) is 8.02. The fourth-order valence-electron chi connectivity index (χ4n) is 2.58. The van der Waals surface area contributed by atoms with Crippen molar-refractivity contribution in [3.8, 4) is 11.1 Å². The van der Waals surface area contributed by atoms with Crippen LogP contribution in [0.15, 0.2) is 48.7 Å². The highest BCUT2D eigenvalue weighted by Gasteiger charge is 2.11. The largest absolute Gasteiger partial charge is 0.398 e. The predicted molar refractivity (Wildman–Crippen MR) is 101 cm³/mol. The van der Waals surface area contributed by atoms with Crippen molar-refractivity contribution in [2.24, 2.45) is 5.73 Å². The lowest BCUT2D eigenvalue weighted by Crippen LogP contribution is -2.30. The molecular formula is C18H20N7+. The molecule has 3 rings (SSSR count). The van der Waals surface area contributed by atoms with Crippen LogP contribution < -0.4 is 27.9 Å². The number of hydrogen-bond acceptors (Lipinski definition) is 6. The van der Waals surface area contributed by atoms with E-state index >= 15 is 0 Å². The summed E-state index contributed by atoms with van der Waals surface area (Å²) in [6.45, 7) is 0.460. The normalized spacial score (nSPS) is 10.4. The molecule has 2 aromatic carbocycles. The molecule has 0 bridgehead atoms. The minimum atomic E-state index is 0.196. The molecular weight excluding hydrogens is 314 g/mol. The third-order valence-corrected chi connectivity index (χ3v) is 3.81. The summed E-state index contributed by atoms with van der Waals surface area (Å²) in [5.41, 5.74) is 22.6. The van der Waals surface area contributed by atoms with Crippen LogP contribution in [0, 0.1) is 0 Å². The third-order valence-electron chi connectivity index (χ3n) is 3.81. The third kappa shape index (κ3) is 3.56. The molecule has 25 heavy (non-hydrogen) atoms. The smallest absolute Gasteiger partial charge is 0.221 e. The minimum absolute atomic E-state index is 0.196. The van der Waals surface area contributed by atoms with Crippen LogP contribution in [-0.4, -0.2) is 16.2 Å². The summed E-state index contributed by atoms with van der Waals surface area (Å²) < 4.78 is 0. The van der Waals surface area contributed by atoms with Gasteiger partial charge in [-0.2, -0.15) is 4.98 Å². The van der Waals surface area contributed by atoms with Crippen molar-refractivity contribution in [1.82, 2.24) is 9.97 Å². The van der Waals surface area contributed by atoms with Crippen LogP contribution in [0.3, 0.4) is 0 Å². The van der Waals surface area contributed by atoms with Gasteiger partial charge in [0.25, 0.3) is 0 Å². The van der Waals surface area contributed by atoms with Gasteiger partial charge in [0, 0.05) is 24.0 Å². The molecule has 0 atom stereocenters. The van der Waals surface area contributed by atoms with E-state index in [1.54, 1.807) is 12.3 Å². The van der Waals surface area contributed by atoms with Crippen LogP contribution in [0.25, 0.3) is 11.1 Å². The van der Waals surface area contributed by atoms with Gasteiger partial charge in [-0.1, -0.05) is 18.2 Å². The molecule has 0 fully saturated rings. The molecule has 0 aliphatic rings. The zero-order valence-electron chi connectivity index (χ0n) is 13.6. The van der Waals surface area contributed by atoms with Crippen molar-refractivity contribution in [2.45, 2.75) is 6.54 Å². The maximum absolute atomic E-state index is 6.29. The first-order valence-corrected chi connectivity index (χ1v) is 7.74. The zero-order chi connectivity index (χ0) is 17.8. The van der Waals surface area contributed by atoms with Crippen LogP contribution in [-0.2, 0) is 6.54 Å². The number of benzene rings is 2. The first-order valence-electron chi connectivity index (χ1n) is 7.74. The molecule has 1 heterocycles. The van der Waals surface area contributed by atoms with Crippen molar-refractivity contribution in [2.75, 3.05) is 16.8 Å². The van der Waals surface area contributed by atoms with Crippen LogP contribution in [0.4, 0.5) is 23.1 Å². The van der Waals surface area contributed by atoms with Gasteiger partial charge in [-0.3, -0.25) is 5.41 Å². The standard InChI is InChI=1S/C18H19N7/c19-9-11-2-1-3-12(6-11)15-8-14(7-13(10-20)17(15)21)24-16-4-5-23-18(22)25-16/h1-8,10,20H,9,19,21H2,(H3,22,23,24,25)/p+1. The summed E-state index contributed by atoms with van der Waals surface area (Å²) in [5.74, 6) is 0.781. The van der Waals surface area contributed by atoms with E-state index < -0.39 is 0 Å². The summed E-state index contributed by atoms with van der Waals surface area (Å²) in [6, 6.07) is 13.4. The van der Waals surface area contributed by atoms with E-state index in [2.05, 4.69) is 15.3 Å². The second-order valence-electron chi connectivity index (χ2n) is 5.52. The number of nitrogens with zero attached hydrogens (tertiary/aromatic N) is 2. The van der Waals surface area contributed by atoms with Gasteiger partial charge in [0.05, 0.1) is 11.3 Å². The van der Waals surface area contributed by atoms with Crippen molar-refractivity contribution in [1.29, 1.82) is 0 Å². The van der Waals surface area contributed by atoms with E-state index in [0.29, 0.717) is 18.1 Å². The molecule has 0 aliphatic carbocycles. The van der Waals surface area contributed by atoms with Crippen LogP contribution in [0.1, 0.15) is 11.1 Å². The average Bonchev–Trinajstić information content (AvgIpc) is 2.63. The summed E-state index contributed by atoms with van der Waals surface area (Å²) in [6.07, 6.45) is 3.06. The molecule has 0 aliphatic heterocycles. The molecule has 0 amide bonds. The Morgan fingerprint density at radius 1 is 1.12 bits per heavy atom. The van der Waals surface area contributed by atoms with E-state index in [1.807, 2.05) is 36.4 Å². The SMILES string of the molecule is NCc1cccc(-c2cc(Nc3ccnc(N)n3)cc(C=[NH2+])c2N)c1. The molecule has 9 N–H and O–H groups in total. The number of nitrogen functional groups attached to an aromatic ring is 2. The molecule has 1 aromatic heterocycles. The number of anilines is 4. The van der Waals surface area contributed by atoms with Crippen molar-refractivity contribution in [3.05, 3.63) is 59.8 Å². The predicted octanol–water partition coefficient (Wildman–Crippen LogP) is 0.688. The number of aromatic nitrogens is 2. The number of nitrogens with two attached hydrogens (primary N) is 4. The summed E-state index contributed by atoms with van der Waals surface area (Å²) in [7, 11) is 0. The molecule has 0 saturated heterocycles. The van der Waals surface area contributed by atoms with E-state index in [-0.39, 0.29) is 5.95 Å². The number of hydrogen-bond donors (Lipinski definition) is 5. The molecule has 7 nitrogen and oxygen atoms in total. The number of nitrogens with one attached hydrogen (secondary N) is 1.